The maximum Gasteiger partial charge on any atom is 0.253 e. The van der Waals surface area contributed by atoms with E-state index in [2.05, 4.69) is 5.32 Å². The molecule has 5 heteroatoms. The number of hydrogen-bond donors (Lipinski definition) is 1. The normalized spacial score (nSPS) is 12.0. The van der Waals surface area contributed by atoms with Crippen LogP contribution >= 0.6 is 23.2 Å². The van der Waals surface area contributed by atoms with Gasteiger partial charge in [0.15, 0.2) is 0 Å². The second-order valence-electron chi connectivity index (χ2n) is 4.32. The van der Waals surface area contributed by atoms with Crippen LogP contribution in [-0.2, 0) is 0 Å². The van der Waals surface area contributed by atoms with Gasteiger partial charge in [0, 0.05) is 5.56 Å². The van der Waals surface area contributed by atoms with E-state index in [9.17, 15) is 9.18 Å². The van der Waals surface area contributed by atoms with Gasteiger partial charge in [-0.05, 0) is 25.1 Å². The van der Waals surface area contributed by atoms with Gasteiger partial charge in [-0.2, -0.15) is 0 Å². The van der Waals surface area contributed by atoms with Gasteiger partial charge in [0.05, 0.1) is 21.7 Å². The fraction of sp³-hybridized carbons (Fsp3) is 0.133. The molecule has 0 saturated carbocycles. The molecule has 0 aliphatic heterocycles. The molecule has 1 amide bonds. The van der Waals surface area contributed by atoms with Crippen LogP contribution in [0.5, 0.6) is 0 Å². The quantitative estimate of drug-likeness (QED) is 0.880. The Morgan fingerprint density at radius 2 is 1.85 bits per heavy atom. The molecule has 0 aliphatic carbocycles. The number of rotatable bonds is 3. The van der Waals surface area contributed by atoms with Crippen LogP contribution in [0.15, 0.2) is 42.5 Å². The molecular weight excluding hydrogens is 300 g/mol. The number of carbonyl (C=O) groups excluding carboxylic acids is 1. The van der Waals surface area contributed by atoms with Crippen LogP contribution in [-0.4, -0.2) is 5.91 Å². The van der Waals surface area contributed by atoms with Gasteiger partial charge in [-0.3, -0.25) is 4.79 Å². The molecule has 0 saturated heterocycles. The molecule has 0 heterocycles. The first-order chi connectivity index (χ1) is 9.50. The summed E-state index contributed by atoms with van der Waals surface area (Å²) in [6.07, 6.45) is 0. The predicted octanol–water partition coefficient (Wildman–Crippen LogP) is 4.62. The lowest BCUT2D eigenvalue weighted by Gasteiger charge is -2.15. The molecule has 1 N–H and O–H groups in total. The molecule has 0 aromatic heterocycles. The van der Waals surface area contributed by atoms with Crippen LogP contribution in [0.4, 0.5) is 4.39 Å². The van der Waals surface area contributed by atoms with Crippen molar-refractivity contribution in [3.8, 4) is 0 Å². The first-order valence-electron chi connectivity index (χ1n) is 6.00. The lowest BCUT2D eigenvalue weighted by atomic mass is 10.1. The zero-order chi connectivity index (χ0) is 14.7. The van der Waals surface area contributed by atoms with Crippen molar-refractivity contribution in [2.75, 3.05) is 0 Å². The van der Waals surface area contributed by atoms with Gasteiger partial charge in [-0.1, -0.05) is 47.5 Å². The lowest BCUT2D eigenvalue weighted by molar-refractivity contribution is 0.0939. The van der Waals surface area contributed by atoms with Crippen molar-refractivity contribution >= 4 is 29.1 Å². The zero-order valence-corrected chi connectivity index (χ0v) is 12.2. The van der Waals surface area contributed by atoms with Crippen molar-refractivity contribution in [3.63, 3.8) is 0 Å². The summed E-state index contributed by atoms with van der Waals surface area (Å²) in [6, 6.07) is 10.6. The average Bonchev–Trinajstić information content (AvgIpc) is 2.42. The van der Waals surface area contributed by atoms with Crippen LogP contribution in [0.3, 0.4) is 0 Å². The Balaban J connectivity index is 2.20. The predicted molar refractivity (Wildman–Crippen MR) is 78.7 cm³/mol. The highest BCUT2D eigenvalue weighted by Gasteiger charge is 2.17. The van der Waals surface area contributed by atoms with Gasteiger partial charge in [0.1, 0.15) is 5.82 Å². The van der Waals surface area contributed by atoms with E-state index in [4.69, 9.17) is 23.2 Å². The Kier molecular flexibility index (Phi) is 4.63. The minimum absolute atomic E-state index is 0.187. The van der Waals surface area contributed by atoms with E-state index >= 15 is 0 Å². The lowest BCUT2D eigenvalue weighted by Crippen LogP contribution is -2.27. The van der Waals surface area contributed by atoms with E-state index < -0.39 is 11.9 Å². The van der Waals surface area contributed by atoms with E-state index in [1.165, 1.54) is 6.07 Å². The van der Waals surface area contributed by atoms with Gasteiger partial charge < -0.3 is 5.32 Å². The SMILES string of the molecule is C[C@H](NC(=O)c1cccc(Cl)c1Cl)c1ccccc1F. The first kappa shape index (κ1) is 14.8. The summed E-state index contributed by atoms with van der Waals surface area (Å²) in [5.41, 5.74) is 0.682. The molecule has 2 rings (SSSR count). The van der Waals surface area contributed by atoms with Crippen molar-refractivity contribution in [2.24, 2.45) is 0 Å². The molecule has 104 valence electrons. The Labute approximate surface area is 126 Å². The number of nitrogens with one attached hydrogen (secondary N) is 1. The molecule has 0 unspecified atom stereocenters. The standard InChI is InChI=1S/C15H12Cl2FNO/c1-9(10-5-2-3-8-13(10)18)19-15(20)11-6-4-7-12(16)14(11)17/h2-9H,1H3,(H,19,20)/t9-/m0/s1. The van der Waals surface area contributed by atoms with Gasteiger partial charge in [0.25, 0.3) is 5.91 Å². The van der Waals surface area contributed by atoms with E-state index in [0.717, 1.165) is 0 Å². The summed E-state index contributed by atoms with van der Waals surface area (Å²) in [6.45, 7) is 1.70. The molecule has 0 bridgehead atoms. The summed E-state index contributed by atoms with van der Waals surface area (Å²) < 4.78 is 13.6. The van der Waals surface area contributed by atoms with Crippen LogP contribution in [0.2, 0.25) is 10.0 Å². The minimum atomic E-state index is -0.473. The summed E-state index contributed by atoms with van der Waals surface area (Å²) in [5, 5.41) is 3.19. The largest absolute Gasteiger partial charge is 0.345 e. The van der Waals surface area contributed by atoms with E-state index in [1.807, 2.05) is 0 Å². The monoisotopic (exact) mass is 311 g/mol. The smallest absolute Gasteiger partial charge is 0.253 e. The Hall–Kier alpha value is -1.58. The van der Waals surface area contributed by atoms with E-state index in [1.54, 1.807) is 43.3 Å². The number of amides is 1. The molecule has 20 heavy (non-hydrogen) atoms. The third-order valence-electron chi connectivity index (χ3n) is 2.92. The fourth-order valence-corrected chi connectivity index (χ4v) is 2.24. The van der Waals surface area contributed by atoms with Crippen molar-refractivity contribution in [1.29, 1.82) is 0 Å². The number of carbonyl (C=O) groups is 1. The number of benzene rings is 2. The van der Waals surface area contributed by atoms with E-state index in [0.29, 0.717) is 10.6 Å². The van der Waals surface area contributed by atoms with Crippen molar-refractivity contribution in [2.45, 2.75) is 13.0 Å². The molecule has 2 aromatic rings. The Bertz CT molecular complexity index is 646. The van der Waals surface area contributed by atoms with Gasteiger partial charge in [-0.25, -0.2) is 4.39 Å². The van der Waals surface area contributed by atoms with Crippen molar-refractivity contribution in [3.05, 3.63) is 69.5 Å². The first-order valence-corrected chi connectivity index (χ1v) is 6.75. The third-order valence-corrected chi connectivity index (χ3v) is 3.73. The Morgan fingerprint density at radius 3 is 2.55 bits per heavy atom. The van der Waals surface area contributed by atoms with Gasteiger partial charge in [0.2, 0.25) is 0 Å². The average molecular weight is 312 g/mol. The summed E-state index contributed by atoms with van der Waals surface area (Å²) in [7, 11) is 0. The molecule has 0 aliphatic rings. The molecular formula is C15H12Cl2FNO. The molecule has 2 nitrogen and oxygen atoms in total. The minimum Gasteiger partial charge on any atom is -0.345 e. The number of hydrogen-bond acceptors (Lipinski definition) is 1. The summed E-state index contributed by atoms with van der Waals surface area (Å²) in [4.78, 5) is 12.1. The molecule has 2 aromatic carbocycles. The Morgan fingerprint density at radius 1 is 1.15 bits per heavy atom. The second-order valence-corrected chi connectivity index (χ2v) is 5.10. The van der Waals surface area contributed by atoms with Crippen LogP contribution in [0.1, 0.15) is 28.9 Å². The molecule has 0 spiro atoms. The molecule has 0 fully saturated rings. The highest BCUT2D eigenvalue weighted by atomic mass is 35.5. The van der Waals surface area contributed by atoms with Crippen molar-refractivity contribution < 1.29 is 9.18 Å². The second kappa shape index (κ2) is 6.25. The fourth-order valence-electron chi connectivity index (χ4n) is 1.86. The van der Waals surface area contributed by atoms with Gasteiger partial charge >= 0.3 is 0 Å². The van der Waals surface area contributed by atoms with Crippen LogP contribution < -0.4 is 5.32 Å². The van der Waals surface area contributed by atoms with Crippen molar-refractivity contribution in [1.82, 2.24) is 5.32 Å². The maximum absolute atomic E-state index is 13.6. The van der Waals surface area contributed by atoms with Crippen LogP contribution in [0, 0.1) is 5.82 Å². The van der Waals surface area contributed by atoms with Crippen LogP contribution in [0.25, 0.3) is 0 Å². The highest BCUT2D eigenvalue weighted by molar-refractivity contribution is 6.43. The third kappa shape index (κ3) is 3.11. The maximum atomic E-state index is 13.6. The zero-order valence-electron chi connectivity index (χ0n) is 10.7. The number of halogens is 3. The van der Waals surface area contributed by atoms with E-state index in [-0.39, 0.29) is 16.4 Å². The molecule has 0 radical (unpaired) electrons. The van der Waals surface area contributed by atoms with Gasteiger partial charge in [-0.15, -0.1) is 0 Å². The topological polar surface area (TPSA) is 29.1 Å². The molecule has 1 atom stereocenters. The highest BCUT2D eigenvalue weighted by Crippen LogP contribution is 2.26. The summed E-state index contributed by atoms with van der Waals surface area (Å²) >= 11 is 11.8. The summed E-state index contributed by atoms with van der Waals surface area (Å²) in [5.74, 6) is -0.759.